The van der Waals surface area contributed by atoms with Gasteiger partial charge in [-0.15, -0.1) is 11.3 Å². The van der Waals surface area contributed by atoms with E-state index in [1.54, 1.807) is 16.2 Å². The Morgan fingerprint density at radius 3 is 2.40 bits per heavy atom. The molecule has 0 bridgehead atoms. The van der Waals surface area contributed by atoms with Crippen LogP contribution in [0.15, 0.2) is 60.0 Å². The summed E-state index contributed by atoms with van der Waals surface area (Å²) in [6.45, 7) is 3.31. The van der Waals surface area contributed by atoms with Gasteiger partial charge in [-0.1, -0.05) is 23.7 Å². The van der Waals surface area contributed by atoms with E-state index in [9.17, 15) is 14.0 Å². The van der Waals surface area contributed by atoms with Gasteiger partial charge in [0, 0.05) is 48.2 Å². The zero-order chi connectivity index (χ0) is 24.4. The maximum Gasteiger partial charge on any atom is 0.253 e. The number of carbonyl (C=O) groups excluding carboxylic acids is 2. The average Bonchev–Trinajstić information content (AvgIpc) is 3.20. The summed E-state index contributed by atoms with van der Waals surface area (Å²) < 4.78 is 13.2. The Morgan fingerprint density at radius 1 is 0.914 bits per heavy atom. The Labute approximate surface area is 213 Å². The number of amides is 2. The highest BCUT2D eigenvalue weighted by atomic mass is 35.5. The van der Waals surface area contributed by atoms with Crippen molar-refractivity contribution < 1.29 is 14.0 Å². The molecule has 1 atom stereocenters. The Kier molecular flexibility index (Phi) is 7.18. The highest BCUT2D eigenvalue weighted by Gasteiger charge is 2.32. The molecule has 0 unspecified atom stereocenters. The molecule has 8 heteroatoms. The summed E-state index contributed by atoms with van der Waals surface area (Å²) in [5.41, 5.74) is 2.87. The Balaban J connectivity index is 1.27. The van der Waals surface area contributed by atoms with Gasteiger partial charge in [0.15, 0.2) is 0 Å². The summed E-state index contributed by atoms with van der Waals surface area (Å²) in [6.07, 6.45) is 1.65. The van der Waals surface area contributed by atoms with Crippen LogP contribution >= 0.6 is 22.9 Å². The number of nitrogens with zero attached hydrogens (tertiary/aromatic N) is 3. The standard InChI is InChI=1S/C27H27ClFN3O2S/c28-21-6-2-19(3-7-21)26-23-11-17-35-24(23)10-14-32(26)18-25(33)30-12-1-13-31(16-15-30)27(34)20-4-8-22(29)9-5-20/h2-9,11,17,26H,1,10,12-16,18H2/t26-/m0/s1. The summed E-state index contributed by atoms with van der Waals surface area (Å²) in [4.78, 5) is 33.5. The third kappa shape index (κ3) is 5.27. The van der Waals surface area contributed by atoms with Crippen LogP contribution in [0.1, 0.15) is 38.8 Å². The molecule has 182 valence electrons. The second-order valence-corrected chi connectivity index (χ2v) is 10.4. The zero-order valence-electron chi connectivity index (χ0n) is 19.3. The SMILES string of the molecule is O=C(CN1CCc2sccc2[C@@H]1c1ccc(Cl)cc1)N1CCCN(C(=O)c2ccc(F)cc2)CC1. The van der Waals surface area contributed by atoms with Crippen LogP contribution in [0, 0.1) is 5.82 Å². The largest absolute Gasteiger partial charge is 0.340 e. The van der Waals surface area contributed by atoms with Crippen molar-refractivity contribution >= 4 is 34.8 Å². The summed E-state index contributed by atoms with van der Waals surface area (Å²) in [7, 11) is 0. The maximum absolute atomic E-state index is 13.4. The van der Waals surface area contributed by atoms with Crippen LogP contribution in [0.3, 0.4) is 0 Å². The Morgan fingerprint density at radius 2 is 1.63 bits per heavy atom. The molecule has 2 aliphatic rings. The average molecular weight is 512 g/mol. The van der Waals surface area contributed by atoms with Gasteiger partial charge in [-0.25, -0.2) is 4.39 Å². The van der Waals surface area contributed by atoms with E-state index in [1.165, 1.54) is 34.7 Å². The van der Waals surface area contributed by atoms with Gasteiger partial charge in [0.1, 0.15) is 5.82 Å². The Hall–Kier alpha value is -2.74. The number of thiophene rings is 1. The first-order chi connectivity index (χ1) is 17.0. The number of halogens is 2. The topological polar surface area (TPSA) is 43.9 Å². The van der Waals surface area contributed by atoms with Crippen molar-refractivity contribution in [3.05, 3.63) is 92.4 Å². The molecular formula is C27H27ClFN3O2S. The van der Waals surface area contributed by atoms with E-state index in [1.807, 2.05) is 29.2 Å². The summed E-state index contributed by atoms with van der Waals surface area (Å²) >= 11 is 7.90. The number of rotatable bonds is 4. The predicted molar refractivity (Wildman–Crippen MR) is 136 cm³/mol. The molecular weight excluding hydrogens is 485 g/mol. The van der Waals surface area contributed by atoms with E-state index in [0.717, 1.165) is 18.5 Å². The molecule has 0 aliphatic carbocycles. The molecule has 5 nitrogen and oxygen atoms in total. The molecule has 1 aromatic heterocycles. The van der Waals surface area contributed by atoms with Gasteiger partial charge in [-0.3, -0.25) is 14.5 Å². The van der Waals surface area contributed by atoms with Crippen molar-refractivity contribution in [1.82, 2.24) is 14.7 Å². The molecule has 5 rings (SSSR count). The lowest BCUT2D eigenvalue weighted by Crippen LogP contribution is -2.45. The van der Waals surface area contributed by atoms with Gasteiger partial charge in [-0.05, 0) is 71.8 Å². The molecule has 1 fully saturated rings. The fraction of sp³-hybridized carbons (Fsp3) is 0.333. The van der Waals surface area contributed by atoms with Gasteiger partial charge < -0.3 is 9.80 Å². The van der Waals surface area contributed by atoms with Crippen LogP contribution < -0.4 is 0 Å². The van der Waals surface area contributed by atoms with Crippen LogP contribution in [0.4, 0.5) is 4.39 Å². The molecule has 1 saturated heterocycles. The number of fused-ring (bicyclic) bond motifs is 1. The summed E-state index contributed by atoms with van der Waals surface area (Å²) in [6, 6.07) is 15.7. The first kappa shape index (κ1) is 24.0. The van der Waals surface area contributed by atoms with E-state index in [0.29, 0.717) is 49.7 Å². The van der Waals surface area contributed by atoms with Crippen LogP contribution in [-0.2, 0) is 11.2 Å². The molecule has 0 saturated carbocycles. The summed E-state index contributed by atoms with van der Waals surface area (Å²) in [5.74, 6) is -0.403. The van der Waals surface area contributed by atoms with Crippen molar-refractivity contribution in [1.29, 1.82) is 0 Å². The molecule has 0 radical (unpaired) electrons. The molecule has 0 N–H and O–H groups in total. The lowest BCUT2D eigenvalue weighted by Gasteiger charge is -2.37. The lowest BCUT2D eigenvalue weighted by atomic mass is 9.93. The van der Waals surface area contributed by atoms with E-state index >= 15 is 0 Å². The first-order valence-corrected chi connectivity index (χ1v) is 13.1. The highest BCUT2D eigenvalue weighted by Crippen LogP contribution is 2.38. The van der Waals surface area contributed by atoms with Gasteiger partial charge in [-0.2, -0.15) is 0 Å². The first-order valence-electron chi connectivity index (χ1n) is 11.9. The molecule has 3 heterocycles. The normalized spacial score (nSPS) is 18.7. The molecule has 35 heavy (non-hydrogen) atoms. The van der Waals surface area contributed by atoms with Crippen LogP contribution in [0.2, 0.25) is 5.02 Å². The minimum Gasteiger partial charge on any atom is -0.340 e. The van der Waals surface area contributed by atoms with Gasteiger partial charge in [0.2, 0.25) is 5.91 Å². The lowest BCUT2D eigenvalue weighted by molar-refractivity contribution is -0.132. The molecule has 2 amide bonds. The van der Waals surface area contributed by atoms with Crippen molar-refractivity contribution in [2.45, 2.75) is 18.9 Å². The Bertz CT molecular complexity index is 1200. The minimum absolute atomic E-state index is 0.0229. The third-order valence-corrected chi connectivity index (χ3v) is 8.07. The number of hydrogen-bond acceptors (Lipinski definition) is 4. The van der Waals surface area contributed by atoms with E-state index < -0.39 is 0 Å². The van der Waals surface area contributed by atoms with Crippen molar-refractivity contribution in [2.75, 3.05) is 39.3 Å². The van der Waals surface area contributed by atoms with Crippen LogP contribution in [0.5, 0.6) is 0 Å². The van der Waals surface area contributed by atoms with Crippen molar-refractivity contribution in [3.8, 4) is 0 Å². The molecule has 2 aliphatic heterocycles. The second kappa shape index (κ2) is 10.5. The quantitative estimate of drug-likeness (QED) is 0.502. The predicted octanol–water partition coefficient (Wildman–Crippen LogP) is 4.86. The van der Waals surface area contributed by atoms with Crippen LogP contribution in [0.25, 0.3) is 0 Å². The van der Waals surface area contributed by atoms with E-state index in [2.05, 4.69) is 16.3 Å². The highest BCUT2D eigenvalue weighted by molar-refractivity contribution is 7.10. The van der Waals surface area contributed by atoms with Gasteiger partial charge >= 0.3 is 0 Å². The molecule has 2 aromatic carbocycles. The van der Waals surface area contributed by atoms with E-state index in [-0.39, 0.29) is 23.7 Å². The number of benzene rings is 2. The monoisotopic (exact) mass is 511 g/mol. The smallest absolute Gasteiger partial charge is 0.253 e. The van der Waals surface area contributed by atoms with Crippen molar-refractivity contribution in [2.24, 2.45) is 0 Å². The zero-order valence-corrected chi connectivity index (χ0v) is 20.9. The molecule has 3 aromatic rings. The van der Waals surface area contributed by atoms with Gasteiger partial charge in [0.25, 0.3) is 5.91 Å². The third-order valence-electron chi connectivity index (χ3n) is 6.82. The van der Waals surface area contributed by atoms with Crippen LogP contribution in [-0.4, -0.2) is 65.8 Å². The van der Waals surface area contributed by atoms with E-state index in [4.69, 9.17) is 11.6 Å². The minimum atomic E-state index is -0.363. The number of hydrogen-bond donors (Lipinski definition) is 0. The fourth-order valence-corrected chi connectivity index (χ4v) is 6.02. The van der Waals surface area contributed by atoms with Crippen molar-refractivity contribution in [3.63, 3.8) is 0 Å². The fourth-order valence-electron chi connectivity index (χ4n) is 4.99. The summed E-state index contributed by atoms with van der Waals surface area (Å²) in [5, 5.41) is 2.82. The maximum atomic E-state index is 13.4. The number of carbonyl (C=O) groups is 2. The molecule has 0 spiro atoms. The second-order valence-electron chi connectivity index (χ2n) is 9.01. The van der Waals surface area contributed by atoms with Gasteiger partial charge in [0.05, 0.1) is 12.6 Å².